The molecule has 2 aromatic rings. The Kier molecular flexibility index (Phi) is 3.81. The topological polar surface area (TPSA) is 42.8 Å². The molecule has 0 saturated heterocycles. The number of aromatic nitrogens is 3. The zero-order valence-electron chi connectivity index (χ0n) is 10.8. The largest absolute Gasteiger partial charge is 0.486 e. The Labute approximate surface area is 112 Å². The van der Waals surface area contributed by atoms with Crippen molar-refractivity contribution in [2.75, 3.05) is 0 Å². The van der Waals surface area contributed by atoms with Crippen LogP contribution >= 0.6 is 12.2 Å². The normalized spacial score (nSPS) is 10.9. The van der Waals surface area contributed by atoms with Gasteiger partial charge in [0.25, 0.3) is 0 Å². The van der Waals surface area contributed by atoms with Gasteiger partial charge >= 0.3 is 0 Å². The first-order valence-corrected chi connectivity index (χ1v) is 6.32. The molecule has 0 saturated carbocycles. The van der Waals surface area contributed by atoms with Crippen LogP contribution in [-0.2, 0) is 13.7 Å². The minimum atomic E-state index is 0.407. The first-order valence-electron chi connectivity index (χ1n) is 5.91. The Hall–Kier alpha value is -1.62. The van der Waals surface area contributed by atoms with Crippen molar-refractivity contribution >= 4 is 12.2 Å². The van der Waals surface area contributed by atoms with Gasteiger partial charge in [0.15, 0.2) is 10.6 Å². The van der Waals surface area contributed by atoms with Crippen LogP contribution < -0.4 is 4.74 Å². The average Bonchev–Trinajstić information content (AvgIpc) is 2.68. The smallest absolute Gasteiger partial charge is 0.194 e. The van der Waals surface area contributed by atoms with E-state index >= 15 is 0 Å². The van der Waals surface area contributed by atoms with Crippen molar-refractivity contribution in [1.82, 2.24) is 14.8 Å². The maximum absolute atomic E-state index is 5.67. The fourth-order valence-corrected chi connectivity index (χ4v) is 1.76. The molecular weight excluding hydrogens is 246 g/mol. The van der Waals surface area contributed by atoms with Gasteiger partial charge in [0.05, 0.1) is 0 Å². The quantitative estimate of drug-likeness (QED) is 0.861. The van der Waals surface area contributed by atoms with Gasteiger partial charge in [-0.2, -0.15) is 5.10 Å². The van der Waals surface area contributed by atoms with Gasteiger partial charge in [0.2, 0.25) is 0 Å². The van der Waals surface area contributed by atoms with Gasteiger partial charge in [-0.3, -0.25) is 5.10 Å². The molecule has 0 unspecified atom stereocenters. The molecule has 0 atom stereocenters. The third kappa shape index (κ3) is 2.79. The number of nitrogens with zero attached hydrogens (tertiary/aromatic N) is 2. The van der Waals surface area contributed by atoms with Gasteiger partial charge in [0, 0.05) is 7.05 Å². The third-order valence-electron chi connectivity index (χ3n) is 2.89. The summed E-state index contributed by atoms with van der Waals surface area (Å²) in [7, 11) is 1.87. The van der Waals surface area contributed by atoms with Crippen LogP contribution in [0.25, 0.3) is 0 Å². The van der Waals surface area contributed by atoms with Crippen molar-refractivity contribution in [2.24, 2.45) is 7.05 Å². The van der Waals surface area contributed by atoms with Crippen LogP contribution in [0.4, 0.5) is 0 Å². The van der Waals surface area contributed by atoms with Gasteiger partial charge in [0.1, 0.15) is 12.4 Å². The lowest BCUT2D eigenvalue weighted by Gasteiger charge is -2.08. The van der Waals surface area contributed by atoms with Crippen molar-refractivity contribution in [3.05, 3.63) is 40.4 Å². The molecule has 0 aliphatic heterocycles. The minimum Gasteiger partial charge on any atom is -0.486 e. The summed E-state index contributed by atoms with van der Waals surface area (Å²) in [6.07, 6.45) is 0. The van der Waals surface area contributed by atoms with Gasteiger partial charge < -0.3 is 9.30 Å². The molecule has 5 heteroatoms. The number of benzene rings is 1. The highest BCUT2D eigenvalue weighted by atomic mass is 32.1. The highest BCUT2D eigenvalue weighted by Gasteiger charge is 2.04. The highest BCUT2D eigenvalue weighted by molar-refractivity contribution is 7.71. The zero-order chi connectivity index (χ0) is 13.1. The molecule has 0 amide bonds. The van der Waals surface area contributed by atoms with E-state index in [0.29, 0.717) is 17.3 Å². The third-order valence-corrected chi connectivity index (χ3v) is 3.25. The highest BCUT2D eigenvalue weighted by Crippen LogP contribution is 2.19. The number of H-pyrrole nitrogens is 1. The van der Waals surface area contributed by atoms with Crippen molar-refractivity contribution in [2.45, 2.75) is 26.4 Å². The molecular formula is C13H17N3OS. The summed E-state index contributed by atoms with van der Waals surface area (Å²) < 4.78 is 8.08. The van der Waals surface area contributed by atoms with Gasteiger partial charge in [-0.1, -0.05) is 26.0 Å². The second kappa shape index (κ2) is 5.35. The van der Waals surface area contributed by atoms with Crippen LogP contribution in [0.5, 0.6) is 5.75 Å². The van der Waals surface area contributed by atoms with Gasteiger partial charge in [-0.25, -0.2) is 0 Å². The number of hydrogen-bond acceptors (Lipinski definition) is 3. The van der Waals surface area contributed by atoms with Crippen LogP contribution in [0.1, 0.15) is 31.2 Å². The summed E-state index contributed by atoms with van der Waals surface area (Å²) >= 11 is 5.04. The van der Waals surface area contributed by atoms with Crippen LogP contribution in [0.15, 0.2) is 24.3 Å². The van der Waals surface area contributed by atoms with E-state index in [9.17, 15) is 0 Å². The van der Waals surface area contributed by atoms with Crippen LogP contribution in [0.2, 0.25) is 0 Å². The SMILES string of the molecule is CC(C)c1ccc(OCc2n[nH]c(=S)n2C)cc1. The lowest BCUT2D eigenvalue weighted by atomic mass is 10.0. The van der Waals surface area contributed by atoms with E-state index in [1.54, 1.807) is 4.57 Å². The second-order valence-corrected chi connectivity index (χ2v) is 4.90. The van der Waals surface area contributed by atoms with Crippen molar-refractivity contribution in [3.63, 3.8) is 0 Å². The molecule has 1 aromatic carbocycles. The molecule has 0 spiro atoms. The van der Waals surface area contributed by atoms with Gasteiger partial charge in [-0.05, 0) is 35.8 Å². The van der Waals surface area contributed by atoms with E-state index in [2.05, 4.69) is 36.2 Å². The molecule has 1 heterocycles. The Morgan fingerprint density at radius 3 is 2.50 bits per heavy atom. The van der Waals surface area contributed by atoms with Crippen LogP contribution in [0.3, 0.4) is 0 Å². The van der Waals surface area contributed by atoms with Gasteiger partial charge in [-0.15, -0.1) is 0 Å². The summed E-state index contributed by atoms with van der Waals surface area (Å²) in [6, 6.07) is 8.14. The van der Waals surface area contributed by atoms with Crippen molar-refractivity contribution in [3.8, 4) is 5.75 Å². The predicted octanol–water partition coefficient (Wildman–Crippen LogP) is 3.18. The Morgan fingerprint density at radius 1 is 1.33 bits per heavy atom. The predicted molar refractivity (Wildman–Crippen MR) is 73.3 cm³/mol. The summed E-state index contributed by atoms with van der Waals surface area (Å²) in [4.78, 5) is 0. The summed E-state index contributed by atoms with van der Waals surface area (Å²) in [5.41, 5.74) is 1.31. The average molecular weight is 263 g/mol. The maximum Gasteiger partial charge on any atom is 0.194 e. The molecule has 0 aliphatic rings. The lowest BCUT2D eigenvalue weighted by Crippen LogP contribution is -2.03. The molecule has 18 heavy (non-hydrogen) atoms. The monoisotopic (exact) mass is 263 g/mol. The maximum atomic E-state index is 5.67. The zero-order valence-corrected chi connectivity index (χ0v) is 11.6. The summed E-state index contributed by atoms with van der Waals surface area (Å²) in [5, 5.41) is 6.83. The van der Waals surface area contributed by atoms with Crippen molar-refractivity contribution < 1.29 is 4.74 Å². The fraction of sp³-hybridized carbons (Fsp3) is 0.385. The number of rotatable bonds is 4. The van der Waals surface area contributed by atoms with E-state index in [4.69, 9.17) is 17.0 Å². The van der Waals surface area contributed by atoms with E-state index in [1.165, 1.54) is 5.56 Å². The van der Waals surface area contributed by atoms with E-state index in [0.717, 1.165) is 11.6 Å². The molecule has 4 nitrogen and oxygen atoms in total. The standard InChI is InChI=1S/C13H17N3OS/c1-9(2)10-4-6-11(7-5-10)17-8-12-14-15-13(18)16(12)3/h4-7,9H,8H2,1-3H3,(H,15,18). The molecule has 0 fully saturated rings. The van der Waals surface area contributed by atoms with E-state index < -0.39 is 0 Å². The molecule has 1 N–H and O–H groups in total. The molecule has 1 aromatic heterocycles. The van der Waals surface area contributed by atoms with Crippen LogP contribution in [-0.4, -0.2) is 14.8 Å². The number of aromatic amines is 1. The fourth-order valence-electron chi connectivity index (χ4n) is 1.61. The Morgan fingerprint density at radius 2 is 2.00 bits per heavy atom. The Bertz CT molecular complexity index is 569. The first-order chi connectivity index (χ1) is 8.58. The van der Waals surface area contributed by atoms with E-state index in [1.807, 2.05) is 19.2 Å². The Balaban J connectivity index is 2.02. The number of ether oxygens (including phenoxy) is 1. The molecule has 96 valence electrons. The summed E-state index contributed by atoms with van der Waals surface area (Å²) in [6.45, 7) is 4.75. The van der Waals surface area contributed by atoms with E-state index in [-0.39, 0.29) is 0 Å². The summed E-state index contributed by atoms with van der Waals surface area (Å²) in [5.74, 6) is 2.16. The second-order valence-electron chi connectivity index (χ2n) is 4.52. The molecule has 2 rings (SSSR count). The van der Waals surface area contributed by atoms with Crippen molar-refractivity contribution in [1.29, 1.82) is 0 Å². The lowest BCUT2D eigenvalue weighted by molar-refractivity contribution is 0.291. The molecule has 0 aliphatic carbocycles. The number of nitrogens with one attached hydrogen (secondary N) is 1. The minimum absolute atomic E-state index is 0.407. The molecule has 0 radical (unpaired) electrons. The number of hydrogen-bond donors (Lipinski definition) is 1. The first kappa shape index (κ1) is 12.8. The molecule has 0 bridgehead atoms. The van der Waals surface area contributed by atoms with Crippen LogP contribution in [0, 0.1) is 4.77 Å².